The first-order valence-electron chi connectivity index (χ1n) is 6.94. The molecule has 1 amide bonds. The molecule has 1 heterocycles. The maximum Gasteiger partial charge on any atom is 0.263 e. The molecule has 0 aliphatic heterocycles. The lowest BCUT2D eigenvalue weighted by molar-refractivity contribution is 0.0967. The number of hydrogen-bond acceptors (Lipinski definition) is 6. The van der Waals surface area contributed by atoms with Gasteiger partial charge in [0.15, 0.2) is 5.75 Å². The summed E-state index contributed by atoms with van der Waals surface area (Å²) < 4.78 is 5.83. The summed E-state index contributed by atoms with van der Waals surface area (Å²) in [5, 5.41) is 3.50. The van der Waals surface area contributed by atoms with E-state index in [0.717, 1.165) is 18.1 Å². The number of hydrogen-bond donors (Lipinski definition) is 2. The number of thiophene rings is 1. The summed E-state index contributed by atoms with van der Waals surface area (Å²) in [5.74, 6) is 0.424. The number of likely N-dealkylation sites (N-methyl/N-ethyl adjacent to an activating group) is 2. The number of rotatable bonds is 7. The molecule has 120 valence electrons. The van der Waals surface area contributed by atoms with E-state index in [1.54, 1.807) is 7.05 Å². The Morgan fingerprint density at radius 3 is 2.43 bits per heavy atom. The van der Waals surface area contributed by atoms with E-state index >= 15 is 0 Å². The molecular formula is C14H26N4O2S. The predicted molar refractivity (Wildman–Crippen MR) is 89.7 cm³/mol. The third-order valence-electron chi connectivity index (χ3n) is 2.90. The van der Waals surface area contributed by atoms with E-state index in [2.05, 4.69) is 15.1 Å². The van der Waals surface area contributed by atoms with Crippen molar-refractivity contribution in [1.82, 2.24) is 10.2 Å². The summed E-state index contributed by atoms with van der Waals surface area (Å²) in [7, 11) is 7.63. The number of nitrogens with two attached hydrogens (primary N) is 1. The zero-order valence-electron chi connectivity index (χ0n) is 13.7. The maximum absolute atomic E-state index is 11.9. The SMILES string of the molecule is CNC(=O)c1sc(N(C)CCN(C)C)c(OC(C)C)c1N. The highest BCUT2D eigenvalue weighted by molar-refractivity contribution is 7.19. The standard InChI is InChI=1S/C14H26N4O2S/c1-9(2)20-11-10(15)12(13(19)16-3)21-14(11)18(6)8-7-17(4)5/h9H,7-8,15H2,1-6H3,(H,16,19). The van der Waals surface area contributed by atoms with Crippen LogP contribution in [-0.2, 0) is 0 Å². The average molecular weight is 314 g/mol. The third kappa shape index (κ3) is 4.50. The second-order valence-corrected chi connectivity index (χ2v) is 6.45. The fourth-order valence-corrected chi connectivity index (χ4v) is 2.84. The van der Waals surface area contributed by atoms with Crippen molar-refractivity contribution in [3.63, 3.8) is 0 Å². The Labute approximate surface area is 130 Å². The first-order chi connectivity index (χ1) is 9.77. The van der Waals surface area contributed by atoms with Gasteiger partial charge in [-0.15, -0.1) is 11.3 Å². The molecule has 1 rings (SSSR count). The minimum atomic E-state index is -0.182. The van der Waals surface area contributed by atoms with Crippen molar-refractivity contribution in [2.45, 2.75) is 20.0 Å². The smallest absolute Gasteiger partial charge is 0.263 e. The van der Waals surface area contributed by atoms with Crippen LogP contribution in [0.1, 0.15) is 23.5 Å². The van der Waals surface area contributed by atoms with E-state index in [1.807, 2.05) is 35.0 Å². The molecule has 0 aromatic carbocycles. The second-order valence-electron chi connectivity index (χ2n) is 5.45. The molecular weight excluding hydrogens is 288 g/mol. The predicted octanol–water partition coefficient (Wildman–Crippen LogP) is 1.47. The van der Waals surface area contributed by atoms with Crippen LogP contribution in [0.3, 0.4) is 0 Å². The molecule has 0 radical (unpaired) electrons. The van der Waals surface area contributed by atoms with Gasteiger partial charge in [-0.2, -0.15) is 0 Å². The molecule has 0 unspecified atom stereocenters. The van der Waals surface area contributed by atoms with E-state index in [-0.39, 0.29) is 12.0 Å². The summed E-state index contributed by atoms with van der Waals surface area (Å²) in [6, 6.07) is 0. The number of nitrogens with zero attached hydrogens (tertiary/aromatic N) is 2. The lowest BCUT2D eigenvalue weighted by atomic mass is 10.3. The minimum Gasteiger partial charge on any atom is -0.486 e. The Hall–Kier alpha value is -1.47. The van der Waals surface area contributed by atoms with Crippen LogP contribution in [0.2, 0.25) is 0 Å². The van der Waals surface area contributed by atoms with Gasteiger partial charge in [-0.1, -0.05) is 0 Å². The van der Waals surface area contributed by atoms with E-state index in [4.69, 9.17) is 10.5 Å². The monoisotopic (exact) mass is 314 g/mol. The largest absolute Gasteiger partial charge is 0.486 e. The van der Waals surface area contributed by atoms with Crippen LogP contribution in [-0.4, -0.2) is 58.2 Å². The van der Waals surface area contributed by atoms with Crippen LogP contribution in [0.4, 0.5) is 10.7 Å². The molecule has 21 heavy (non-hydrogen) atoms. The van der Waals surface area contributed by atoms with Crippen LogP contribution >= 0.6 is 11.3 Å². The van der Waals surface area contributed by atoms with Gasteiger partial charge in [0.05, 0.1) is 6.10 Å². The van der Waals surface area contributed by atoms with Crippen LogP contribution < -0.4 is 20.7 Å². The highest BCUT2D eigenvalue weighted by Gasteiger charge is 2.24. The second kappa shape index (κ2) is 7.51. The summed E-state index contributed by atoms with van der Waals surface area (Å²) in [4.78, 5) is 16.6. The Balaban J connectivity index is 3.12. The number of ether oxygens (including phenoxy) is 1. The van der Waals surface area contributed by atoms with Gasteiger partial charge in [-0.3, -0.25) is 4.79 Å². The lowest BCUT2D eigenvalue weighted by Crippen LogP contribution is -2.28. The third-order valence-corrected chi connectivity index (χ3v) is 4.20. The van der Waals surface area contributed by atoms with Crippen molar-refractivity contribution in [3.05, 3.63) is 4.88 Å². The van der Waals surface area contributed by atoms with Crippen molar-refractivity contribution in [2.24, 2.45) is 0 Å². The molecule has 0 aliphatic carbocycles. The molecule has 1 aromatic heterocycles. The first-order valence-corrected chi connectivity index (χ1v) is 7.76. The van der Waals surface area contributed by atoms with Gasteiger partial charge < -0.3 is 25.6 Å². The number of amides is 1. The number of anilines is 2. The van der Waals surface area contributed by atoms with Crippen LogP contribution in [0.25, 0.3) is 0 Å². The van der Waals surface area contributed by atoms with Crippen molar-refractivity contribution in [2.75, 3.05) is 51.9 Å². The van der Waals surface area contributed by atoms with Gasteiger partial charge in [-0.05, 0) is 27.9 Å². The Bertz CT molecular complexity index is 486. The van der Waals surface area contributed by atoms with E-state index in [9.17, 15) is 4.79 Å². The summed E-state index contributed by atoms with van der Waals surface area (Å²) >= 11 is 1.37. The summed E-state index contributed by atoms with van der Waals surface area (Å²) in [5.41, 5.74) is 6.53. The zero-order chi connectivity index (χ0) is 16.2. The molecule has 0 spiro atoms. The minimum absolute atomic E-state index is 0.000404. The van der Waals surface area contributed by atoms with Crippen LogP contribution in [0.5, 0.6) is 5.75 Å². The summed E-state index contributed by atoms with van der Waals surface area (Å²) in [6.45, 7) is 5.62. The van der Waals surface area contributed by atoms with Crippen molar-refractivity contribution >= 4 is 27.9 Å². The Kier molecular flexibility index (Phi) is 6.29. The number of nitrogens with one attached hydrogen (secondary N) is 1. The van der Waals surface area contributed by atoms with E-state index in [0.29, 0.717) is 16.3 Å². The lowest BCUT2D eigenvalue weighted by Gasteiger charge is -2.22. The molecule has 0 saturated heterocycles. The molecule has 1 aromatic rings. The van der Waals surface area contributed by atoms with Gasteiger partial charge in [0.1, 0.15) is 15.6 Å². The normalized spacial score (nSPS) is 11.0. The number of nitrogen functional groups attached to an aromatic ring is 1. The van der Waals surface area contributed by atoms with Crippen molar-refractivity contribution in [1.29, 1.82) is 0 Å². The number of carbonyl (C=O) groups excluding carboxylic acids is 1. The molecule has 0 aliphatic rings. The fourth-order valence-electron chi connectivity index (χ4n) is 1.75. The van der Waals surface area contributed by atoms with E-state index in [1.165, 1.54) is 11.3 Å². The molecule has 7 heteroatoms. The molecule has 0 atom stereocenters. The first kappa shape index (κ1) is 17.6. The molecule has 0 saturated carbocycles. The highest BCUT2D eigenvalue weighted by atomic mass is 32.1. The topological polar surface area (TPSA) is 70.8 Å². The maximum atomic E-state index is 11.9. The van der Waals surface area contributed by atoms with Crippen molar-refractivity contribution in [3.8, 4) is 5.75 Å². The van der Waals surface area contributed by atoms with Crippen molar-refractivity contribution < 1.29 is 9.53 Å². The average Bonchev–Trinajstić information content (AvgIpc) is 2.72. The van der Waals surface area contributed by atoms with Gasteiger partial charge in [0.25, 0.3) is 5.91 Å². The molecule has 0 fully saturated rings. The Morgan fingerprint density at radius 2 is 1.95 bits per heavy atom. The fraction of sp³-hybridized carbons (Fsp3) is 0.643. The van der Waals surface area contributed by atoms with E-state index < -0.39 is 0 Å². The van der Waals surface area contributed by atoms with Crippen LogP contribution in [0, 0.1) is 0 Å². The van der Waals surface area contributed by atoms with Gasteiger partial charge in [0, 0.05) is 27.2 Å². The number of carbonyl (C=O) groups is 1. The zero-order valence-corrected chi connectivity index (χ0v) is 14.5. The summed E-state index contributed by atoms with van der Waals surface area (Å²) in [6.07, 6.45) is 0.000404. The quantitative estimate of drug-likeness (QED) is 0.797. The molecule has 3 N–H and O–H groups in total. The van der Waals surface area contributed by atoms with Gasteiger partial charge >= 0.3 is 0 Å². The van der Waals surface area contributed by atoms with Gasteiger partial charge in [-0.25, -0.2) is 0 Å². The highest BCUT2D eigenvalue weighted by Crippen LogP contribution is 2.44. The van der Waals surface area contributed by atoms with Crippen LogP contribution in [0.15, 0.2) is 0 Å². The van der Waals surface area contributed by atoms with Gasteiger partial charge in [0.2, 0.25) is 0 Å². The molecule has 0 bridgehead atoms. The Morgan fingerprint density at radius 1 is 1.33 bits per heavy atom. The molecule has 6 nitrogen and oxygen atoms in total.